The summed E-state index contributed by atoms with van der Waals surface area (Å²) in [6, 6.07) is 5.69. The van der Waals surface area contributed by atoms with Gasteiger partial charge < -0.3 is 29.3 Å². The van der Waals surface area contributed by atoms with Gasteiger partial charge in [-0.05, 0) is 24.3 Å². The number of esters is 2. The number of nitrogens with zero attached hydrogens (tertiary/aromatic N) is 1. The van der Waals surface area contributed by atoms with E-state index in [9.17, 15) is 19.2 Å². The van der Waals surface area contributed by atoms with Crippen molar-refractivity contribution in [1.82, 2.24) is 0 Å². The van der Waals surface area contributed by atoms with Gasteiger partial charge in [-0.2, -0.15) is 0 Å². The Balaban J connectivity index is 2.43. The number of aliphatic carboxylic acids is 2. The molecule has 0 atom stereocenters. The molecule has 1 aromatic carbocycles. The number of hydrogen-bond acceptors (Lipinski definition) is 8. The second-order valence-corrected chi connectivity index (χ2v) is 5.31. The van der Waals surface area contributed by atoms with Crippen molar-refractivity contribution in [3.8, 4) is 0 Å². The summed E-state index contributed by atoms with van der Waals surface area (Å²) in [5, 5.41) is 17.7. The molecule has 0 aliphatic heterocycles. The van der Waals surface area contributed by atoms with E-state index in [0.717, 1.165) is 11.0 Å². The first kappa shape index (κ1) is 22.6. The number of anilines is 1. The molecule has 2 N–H and O–H groups in total. The first-order valence-corrected chi connectivity index (χ1v) is 8.16. The summed E-state index contributed by atoms with van der Waals surface area (Å²) in [4.78, 5) is 45.6. The number of carbonyl (C=O) groups is 4. The molecule has 152 valence electrons. The minimum atomic E-state index is -1.18. The molecular weight excluding hydrogens is 374 g/mol. The highest BCUT2D eigenvalue weighted by molar-refractivity contribution is 5.90. The molecule has 0 spiro atoms. The quantitative estimate of drug-likeness (QED) is 0.277. The van der Waals surface area contributed by atoms with E-state index < -0.39 is 37.0 Å². The Morgan fingerprint density at radius 1 is 0.893 bits per heavy atom. The third-order valence-electron chi connectivity index (χ3n) is 3.22. The van der Waals surface area contributed by atoms with Crippen LogP contribution in [0.1, 0.15) is 10.4 Å². The van der Waals surface area contributed by atoms with Gasteiger partial charge in [-0.3, -0.25) is 9.59 Å². The summed E-state index contributed by atoms with van der Waals surface area (Å²) in [5.41, 5.74) is 0.563. The zero-order valence-electron chi connectivity index (χ0n) is 15.0. The van der Waals surface area contributed by atoms with Crippen molar-refractivity contribution in [2.24, 2.45) is 0 Å². The van der Waals surface area contributed by atoms with Crippen molar-refractivity contribution >= 4 is 29.6 Å². The summed E-state index contributed by atoms with van der Waals surface area (Å²) in [5.74, 6) is -3.52. The third kappa shape index (κ3) is 8.81. The molecule has 0 saturated heterocycles. The number of rotatable bonds is 13. The minimum absolute atomic E-state index is 0.0137. The Bertz CT molecular complexity index is 684. The molecule has 0 unspecified atom stereocenters. The molecular formula is C18H21NO9. The molecule has 0 aliphatic carbocycles. The number of ether oxygens (including phenoxy) is 3. The number of carboxylic acids is 2. The fraction of sp³-hybridized carbons (Fsp3) is 0.333. The van der Waals surface area contributed by atoms with Crippen molar-refractivity contribution in [2.75, 3.05) is 44.4 Å². The summed E-state index contributed by atoms with van der Waals surface area (Å²) in [6.07, 6.45) is 1.04. The highest BCUT2D eigenvalue weighted by Gasteiger charge is 2.15. The van der Waals surface area contributed by atoms with E-state index in [1.54, 1.807) is 0 Å². The van der Waals surface area contributed by atoms with Crippen LogP contribution in [0.15, 0.2) is 36.9 Å². The van der Waals surface area contributed by atoms with Crippen LogP contribution in [0.2, 0.25) is 0 Å². The van der Waals surface area contributed by atoms with Crippen LogP contribution in [0.3, 0.4) is 0 Å². The Labute approximate surface area is 160 Å². The van der Waals surface area contributed by atoms with Crippen molar-refractivity contribution < 1.29 is 43.6 Å². The first-order chi connectivity index (χ1) is 13.3. The fourth-order valence-corrected chi connectivity index (χ4v) is 2.01. The van der Waals surface area contributed by atoms with Crippen LogP contribution < -0.4 is 4.90 Å². The van der Waals surface area contributed by atoms with E-state index >= 15 is 0 Å². The maximum Gasteiger partial charge on any atom is 0.338 e. The molecule has 0 fully saturated rings. The van der Waals surface area contributed by atoms with Crippen molar-refractivity contribution in [2.45, 2.75) is 0 Å². The van der Waals surface area contributed by atoms with Gasteiger partial charge in [0, 0.05) is 11.8 Å². The van der Waals surface area contributed by atoms with Gasteiger partial charge in [0.2, 0.25) is 0 Å². The largest absolute Gasteiger partial charge is 0.480 e. The Morgan fingerprint density at radius 3 is 1.93 bits per heavy atom. The predicted molar refractivity (Wildman–Crippen MR) is 96.2 cm³/mol. The van der Waals surface area contributed by atoms with Gasteiger partial charge in [-0.15, -0.1) is 0 Å². The maximum absolute atomic E-state index is 11.9. The van der Waals surface area contributed by atoms with Gasteiger partial charge in [0.25, 0.3) is 0 Å². The summed E-state index contributed by atoms with van der Waals surface area (Å²) >= 11 is 0. The van der Waals surface area contributed by atoms with E-state index in [4.69, 9.17) is 24.4 Å². The van der Waals surface area contributed by atoms with Crippen LogP contribution in [-0.2, 0) is 28.6 Å². The second kappa shape index (κ2) is 12.1. The standard InChI is InChI=1S/C18H21NO9/c1-2-17(24)27-9-7-26-8-10-28-18(25)13-3-5-14(6-4-13)19(11-15(20)21)12-16(22)23/h2-6H,1,7-12H2,(H,20,21)(H,22,23). The molecule has 1 aromatic rings. The molecule has 0 aromatic heterocycles. The summed E-state index contributed by atoms with van der Waals surface area (Å²) in [7, 11) is 0. The molecule has 10 nitrogen and oxygen atoms in total. The van der Waals surface area contributed by atoms with Gasteiger partial charge in [-0.25, -0.2) is 9.59 Å². The lowest BCUT2D eigenvalue weighted by atomic mass is 10.2. The Morgan fingerprint density at radius 2 is 1.43 bits per heavy atom. The van der Waals surface area contributed by atoms with E-state index in [1.807, 2.05) is 0 Å². The minimum Gasteiger partial charge on any atom is -0.480 e. The molecule has 0 aliphatic rings. The summed E-state index contributed by atoms with van der Waals surface area (Å²) < 4.78 is 14.8. The Kier molecular flexibility index (Phi) is 9.76. The lowest BCUT2D eigenvalue weighted by Crippen LogP contribution is -2.34. The van der Waals surface area contributed by atoms with Gasteiger partial charge >= 0.3 is 23.9 Å². The van der Waals surface area contributed by atoms with Crippen LogP contribution >= 0.6 is 0 Å². The van der Waals surface area contributed by atoms with Crippen LogP contribution in [0.25, 0.3) is 0 Å². The number of carboxylic acid groups (broad SMARTS) is 2. The number of hydrogen-bond donors (Lipinski definition) is 2. The third-order valence-corrected chi connectivity index (χ3v) is 3.22. The highest BCUT2D eigenvalue weighted by atomic mass is 16.6. The average molecular weight is 395 g/mol. The van der Waals surface area contributed by atoms with Gasteiger partial charge in [-0.1, -0.05) is 6.58 Å². The van der Waals surface area contributed by atoms with Crippen LogP contribution in [-0.4, -0.2) is 73.6 Å². The van der Waals surface area contributed by atoms with Crippen LogP contribution in [0, 0.1) is 0 Å². The van der Waals surface area contributed by atoms with E-state index in [1.165, 1.54) is 24.3 Å². The SMILES string of the molecule is C=CC(=O)OCCOCCOC(=O)c1ccc(N(CC(=O)O)CC(=O)O)cc1. The zero-order valence-corrected chi connectivity index (χ0v) is 15.0. The van der Waals surface area contributed by atoms with Gasteiger partial charge in [0.05, 0.1) is 18.8 Å². The topological polar surface area (TPSA) is 140 Å². The van der Waals surface area contributed by atoms with Crippen LogP contribution in [0.5, 0.6) is 0 Å². The van der Waals surface area contributed by atoms with Crippen molar-refractivity contribution in [3.05, 3.63) is 42.5 Å². The predicted octanol–water partition coefficient (Wildman–Crippen LogP) is 0.565. The number of carbonyl (C=O) groups excluding carboxylic acids is 2. The van der Waals surface area contributed by atoms with Crippen molar-refractivity contribution in [3.63, 3.8) is 0 Å². The van der Waals surface area contributed by atoms with E-state index in [2.05, 4.69) is 6.58 Å². The molecule has 28 heavy (non-hydrogen) atoms. The summed E-state index contributed by atoms with van der Waals surface area (Å²) in [6.45, 7) is 2.57. The van der Waals surface area contributed by atoms with Gasteiger partial charge in [0.15, 0.2) is 0 Å². The molecule has 0 saturated carbocycles. The van der Waals surface area contributed by atoms with E-state index in [-0.39, 0.29) is 32.0 Å². The zero-order chi connectivity index (χ0) is 20.9. The normalized spacial score (nSPS) is 10.0. The monoisotopic (exact) mass is 395 g/mol. The lowest BCUT2D eigenvalue weighted by Gasteiger charge is -2.20. The smallest absolute Gasteiger partial charge is 0.338 e. The molecule has 10 heteroatoms. The Hall–Kier alpha value is -3.40. The van der Waals surface area contributed by atoms with Gasteiger partial charge in [0.1, 0.15) is 26.3 Å². The number of benzene rings is 1. The molecule has 0 heterocycles. The maximum atomic E-state index is 11.9. The average Bonchev–Trinajstić information content (AvgIpc) is 2.65. The lowest BCUT2D eigenvalue weighted by molar-refractivity contribution is -0.139. The highest BCUT2D eigenvalue weighted by Crippen LogP contribution is 2.15. The second-order valence-electron chi connectivity index (χ2n) is 5.31. The van der Waals surface area contributed by atoms with E-state index in [0.29, 0.717) is 5.69 Å². The molecule has 1 rings (SSSR count). The fourth-order valence-electron chi connectivity index (χ4n) is 2.01. The van der Waals surface area contributed by atoms with Crippen molar-refractivity contribution in [1.29, 1.82) is 0 Å². The molecule has 0 amide bonds. The molecule has 0 radical (unpaired) electrons. The van der Waals surface area contributed by atoms with Crippen LogP contribution in [0.4, 0.5) is 5.69 Å². The first-order valence-electron chi connectivity index (χ1n) is 8.16. The molecule has 0 bridgehead atoms.